The zero-order valence-corrected chi connectivity index (χ0v) is 12.3. The molecule has 0 spiro atoms. The van der Waals surface area contributed by atoms with Gasteiger partial charge in [0.25, 0.3) is 5.91 Å². The summed E-state index contributed by atoms with van der Waals surface area (Å²) in [7, 11) is 1.77. The highest BCUT2D eigenvalue weighted by Crippen LogP contribution is 2.19. The number of hydrogen-bond donors (Lipinski definition) is 1. The van der Waals surface area contributed by atoms with E-state index in [9.17, 15) is 9.18 Å². The van der Waals surface area contributed by atoms with Crippen LogP contribution in [0.4, 0.5) is 4.39 Å². The Morgan fingerprint density at radius 3 is 3.00 bits per heavy atom. The molecule has 0 saturated heterocycles. The number of amides is 1. The molecule has 1 aromatic carbocycles. The SMILES string of the molecule is Cn1c(C(=O)NCCCn2ccnc2)cc2ccc(F)cc21. The third kappa shape index (κ3) is 2.86. The van der Waals surface area contributed by atoms with Gasteiger partial charge in [-0.3, -0.25) is 4.79 Å². The van der Waals surface area contributed by atoms with Gasteiger partial charge in [-0.2, -0.15) is 0 Å². The van der Waals surface area contributed by atoms with Crippen molar-refractivity contribution in [3.63, 3.8) is 0 Å². The summed E-state index contributed by atoms with van der Waals surface area (Å²) in [5.41, 5.74) is 1.24. The van der Waals surface area contributed by atoms with E-state index < -0.39 is 0 Å². The maximum atomic E-state index is 13.3. The van der Waals surface area contributed by atoms with E-state index in [1.807, 2.05) is 10.8 Å². The van der Waals surface area contributed by atoms with Crippen molar-refractivity contribution in [1.29, 1.82) is 0 Å². The Balaban J connectivity index is 1.63. The van der Waals surface area contributed by atoms with E-state index in [-0.39, 0.29) is 11.7 Å². The van der Waals surface area contributed by atoms with Crippen LogP contribution in [0, 0.1) is 5.82 Å². The quantitative estimate of drug-likeness (QED) is 0.735. The first-order chi connectivity index (χ1) is 10.6. The number of fused-ring (bicyclic) bond motifs is 1. The number of imidazole rings is 1. The Hall–Kier alpha value is -2.63. The number of benzene rings is 1. The highest BCUT2D eigenvalue weighted by molar-refractivity contribution is 5.98. The third-order valence-electron chi connectivity index (χ3n) is 3.68. The van der Waals surface area contributed by atoms with Crippen LogP contribution in [0.15, 0.2) is 43.0 Å². The Morgan fingerprint density at radius 2 is 2.23 bits per heavy atom. The average molecular weight is 300 g/mol. The van der Waals surface area contributed by atoms with E-state index in [1.165, 1.54) is 12.1 Å². The molecule has 3 aromatic rings. The fourth-order valence-electron chi connectivity index (χ4n) is 2.49. The lowest BCUT2D eigenvalue weighted by molar-refractivity contribution is 0.0945. The number of nitrogens with zero attached hydrogens (tertiary/aromatic N) is 3. The summed E-state index contributed by atoms with van der Waals surface area (Å²) >= 11 is 0. The van der Waals surface area contributed by atoms with Gasteiger partial charge in [0.2, 0.25) is 0 Å². The molecule has 114 valence electrons. The van der Waals surface area contributed by atoms with Crippen LogP contribution in [0.2, 0.25) is 0 Å². The summed E-state index contributed by atoms with van der Waals surface area (Å²) in [5, 5.41) is 3.74. The molecular formula is C16H17FN4O. The van der Waals surface area contributed by atoms with Crippen molar-refractivity contribution in [2.24, 2.45) is 7.05 Å². The molecule has 3 rings (SSSR count). The molecule has 5 nitrogen and oxygen atoms in total. The van der Waals surface area contributed by atoms with Gasteiger partial charge in [-0.05, 0) is 30.7 Å². The molecule has 2 heterocycles. The van der Waals surface area contributed by atoms with Crippen LogP contribution in [0.5, 0.6) is 0 Å². The summed E-state index contributed by atoms with van der Waals surface area (Å²) in [6, 6.07) is 6.29. The summed E-state index contributed by atoms with van der Waals surface area (Å²) in [4.78, 5) is 16.2. The lowest BCUT2D eigenvalue weighted by Crippen LogP contribution is -2.26. The molecule has 0 radical (unpaired) electrons. The molecule has 0 saturated carbocycles. The smallest absolute Gasteiger partial charge is 0.267 e. The van der Waals surface area contributed by atoms with Crippen LogP contribution in [0.1, 0.15) is 16.9 Å². The second-order valence-corrected chi connectivity index (χ2v) is 5.20. The molecule has 0 unspecified atom stereocenters. The molecule has 0 fully saturated rings. The molecule has 0 aliphatic carbocycles. The minimum absolute atomic E-state index is 0.148. The van der Waals surface area contributed by atoms with Gasteiger partial charge in [-0.15, -0.1) is 0 Å². The lowest BCUT2D eigenvalue weighted by atomic mass is 10.2. The van der Waals surface area contributed by atoms with Gasteiger partial charge in [0, 0.05) is 37.9 Å². The van der Waals surface area contributed by atoms with Crippen LogP contribution >= 0.6 is 0 Å². The van der Waals surface area contributed by atoms with Crippen molar-refractivity contribution in [3.05, 3.63) is 54.5 Å². The van der Waals surface area contributed by atoms with Crippen LogP contribution < -0.4 is 5.32 Å². The summed E-state index contributed by atoms with van der Waals surface area (Å²) in [6.07, 6.45) is 6.19. The molecule has 0 bridgehead atoms. The second kappa shape index (κ2) is 6.01. The predicted octanol–water partition coefficient (Wildman–Crippen LogP) is 2.33. The standard InChI is InChI=1S/C16H17FN4O/c1-20-14-10-13(17)4-3-12(14)9-15(20)16(22)19-5-2-7-21-8-6-18-11-21/h3-4,6,8-11H,2,5,7H2,1H3,(H,19,22). The average Bonchev–Trinajstić information content (AvgIpc) is 3.12. The minimum atomic E-state index is -0.305. The molecule has 6 heteroatoms. The number of aromatic nitrogens is 3. The Morgan fingerprint density at radius 1 is 1.36 bits per heavy atom. The van der Waals surface area contributed by atoms with Crippen molar-refractivity contribution in [3.8, 4) is 0 Å². The van der Waals surface area contributed by atoms with Crippen LogP contribution in [0.3, 0.4) is 0 Å². The van der Waals surface area contributed by atoms with Gasteiger partial charge in [-0.1, -0.05) is 0 Å². The molecule has 22 heavy (non-hydrogen) atoms. The van der Waals surface area contributed by atoms with Crippen LogP contribution in [-0.4, -0.2) is 26.6 Å². The van der Waals surface area contributed by atoms with Crippen LogP contribution in [0.25, 0.3) is 10.9 Å². The van der Waals surface area contributed by atoms with Crippen molar-refractivity contribution in [2.75, 3.05) is 6.54 Å². The molecule has 2 aromatic heterocycles. The largest absolute Gasteiger partial charge is 0.351 e. The first-order valence-corrected chi connectivity index (χ1v) is 7.14. The molecule has 0 aliphatic heterocycles. The van der Waals surface area contributed by atoms with Crippen molar-refractivity contribution < 1.29 is 9.18 Å². The van der Waals surface area contributed by atoms with Gasteiger partial charge in [0.05, 0.1) is 11.8 Å². The molecule has 0 atom stereocenters. The third-order valence-corrected chi connectivity index (χ3v) is 3.68. The highest BCUT2D eigenvalue weighted by Gasteiger charge is 2.13. The van der Waals surface area contributed by atoms with Gasteiger partial charge >= 0.3 is 0 Å². The normalized spacial score (nSPS) is 11.0. The maximum Gasteiger partial charge on any atom is 0.267 e. The monoisotopic (exact) mass is 300 g/mol. The number of nitrogens with one attached hydrogen (secondary N) is 1. The maximum absolute atomic E-state index is 13.3. The number of hydrogen-bond acceptors (Lipinski definition) is 2. The lowest BCUT2D eigenvalue weighted by Gasteiger charge is -2.07. The summed E-state index contributed by atoms with van der Waals surface area (Å²) in [6.45, 7) is 1.38. The summed E-state index contributed by atoms with van der Waals surface area (Å²) < 4.78 is 17.0. The van der Waals surface area contributed by atoms with Crippen molar-refractivity contribution in [2.45, 2.75) is 13.0 Å². The van der Waals surface area contributed by atoms with Gasteiger partial charge in [0.15, 0.2) is 0 Å². The first kappa shape index (κ1) is 14.3. The number of carbonyl (C=O) groups is 1. The topological polar surface area (TPSA) is 51.9 Å². The van der Waals surface area contributed by atoms with E-state index in [0.717, 1.165) is 18.4 Å². The minimum Gasteiger partial charge on any atom is -0.351 e. The Kier molecular flexibility index (Phi) is 3.91. The fraction of sp³-hybridized carbons (Fsp3) is 0.250. The fourth-order valence-corrected chi connectivity index (χ4v) is 2.49. The van der Waals surface area contributed by atoms with Crippen molar-refractivity contribution in [1.82, 2.24) is 19.4 Å². The second-order valence-electron chi connectivity index (χ2n) is 5.20. The van der Waals surface area contributed by atoms with E-state index in [1.54, 1.807) is 36.3 Å². The van der Waals surface area contributed by atoms with E-state index in [2.05, 4.69) is 10.3 Å². The molecule has 1 N–H and O–H groups in total. The first-order valence-electron chi connectivity index (χ1n) is 7.14. The highest BCUT2D eigenvalue weighted by atomic mass is 19.1. The van der Waals surface area contributed by atoms with E-state index >= 15 is 0 Å². The van der Waals surface area contributed by atoms with Gasteiger partial charge in [0.1, 0.15) is 11.5 Å². The number of rotatable bonds is 5. The van der Waals surface area contributed by atoms with Gasteiger partial charge < -0.3 is 14.5 Å². The van der Waals surface area contributed by atoms with Crippen molar-refractivity contribution >= 4 is 16.8 Å². The summed E-state index contributed by atoms with van der Waals surface area (Å²) in [5.74, 6) is -0.453. The van der Waals surface area contributed by atoms with E-state index in [4.69, 9.17) is 0 Å². The van der Waals surface area contributed by atoms with E-state index in [0.29, 0.717) is 17.8 Å². The molecule has 0 aliphatic rings. The zero-order chi connectivity index (χ0) is 15.5. The van der Waals surface area contributed by atoms with Gasteiger partial charge in [-0.25, -0.2) is 9.37 Å². The number of halogens is 1. The zero-order valence-electron chi connectivity index (χ0n) is 12.3. The Labute approximate surface area is 127 Å². The molecular weight excluding hydrogens is 283 g/mol. The molecule has 1 amide bonds. The van der Waals surface area contributed by atoms with Crippen LogP contribution in [-0.2, 0) is 13.6 Å². The Bertz CT molecular complexity index is 792. The number of carbonyl (C=O) groups excluding carboxylic acids is 1. The predicted molar refractivity (Wildman–Crippen MR) is 82.1 cm³/mol. The number of aryl methyl sites for hydroxylation is 2.